The predicted octanol–water partition coefficient (Wildman–Crippen LogP) is 2.64. The van der Waals surface area contributed by atoms with Crippen LogP contribution >= 0.6 is 0 Å². The van der Waals surface area contributed by atoms with Gasteiger partial charge in [0.2, 0.25) is 15.9 Å². The van der Waals surface area contributed by atoms with Gasteiger partial charge < -0.3 is 9.64 Å². The van der Waals surface area contributed by atoms with E-state index in [-0.39, 0.29) is 23.9 Å². The Balaban J connectivity index is 2.11. The summed E-state index contributed by atoms with van der Waals surface area (Å²) in [6.07, 6.45) is 0. The molecule has 0 saturated heterocycles. The zero-order valence-corrected chi connectivity index (χ0v) is 16.3. The zero-order valence-electron chi connectivity index (χ0n) is 15.4. The number of nitrogens with zero attached hydrogens (tertiary/aromatic N) is 1. The second kappa shape index (κ2) is 8.33. The lowest BCUT2D eigenvalue weighted by atomic mass is 10.2. The number of carbonyl (C=O) groups is 1. The molecule has 0 radical (unpaired) electrons. The molecule has 1 amide bonds. The van der Waals surface area contributed by atoms with Crippen molar-refractivity contribution >= 4 is 21.6 Å². The molecule has 0 fully saturated rings. The third-order valence-corrected chi connectivity index (χ3v) is 5.61. The number of methoxy groups -OCH3 is 1. The predicted molar refractivity (Wildman–Crippen MR) is 102 cm³/mol. The molecule has 6 nitrogen and oxygen atoms in total. The highest BCUT2D eigenvalue weighted by Gasteiger charge is 2.18. The van der Waals surface area contributed by atoms with Crippen molar-refractivity contribution in [2.45, 2.75) is 25.7 Å². The molecular formula is C19H24N2O4S. The Bertz CT molecular complexity index is 894. The van der Waals surface area contributed by atoms with Crippen LogP contribution in [0, 0.1) is 13.8 Å². The average Bonchev–Trinajstić information content (AvgIpc) is 2.58. The molecule has 0 aromatic heterocycles. The standard InChI is InChI=1S/C19H24N2O4S/c1-14-8-9-19(15(2)12-14)26(23,24)20-10-11-21(16(3)22)17-6-5-7-18(13-17)25-4/h5-9,12-13,20H,10-11H2,1-4H3. The van der Waals surface area contributed by atoms with Gasteiger partial charge in [-0.1, -0.05) is 23.8 Å². The van der Waals surface area contributed by atoms with E-state index in [2.05, 4.69) is 4.72 Å². The number of aryl methyl sites for hydroxylation is 2. The summed E-state index contributed by atoms with van der Waals surface area (Å²) < 4.78 is 32.8. The van der Waals surface area contributed by atoms with Crippen LogP contribution in [0.5, 0.6) is 5.75 Å². The molecule has 2 aromatic rings. The summed E-state index contributed by atoms with van der Waals surface area (Å²) in [5.74, 6) is 0.452. The van der Waals surface area contributed by atoms with Crippen molar-refractivity contribution in [3.63, 3.8) is 0 Å². The van der Waals surface area contributed by atoms with Crippen LogP contribution in [0.4, 0.5) is 5.69 Å². The van der Waals surface area contributed by atoms with E-state index in [9.17, 15) is 13.2 Å². The van der Waals surface area contributed by atoms with Crippen LogP contribution in [0.2, 0.25) is 0 Å². The Morgan fingerprint density at radius 2 is 1.88 bits per heavy atom. The molecule has 0 saturated carbocycles. The first-order valence-corrected chi connectivity index (χ1v) is 9.72. The lowest BCUT2D eigenvalue weighted by molar-refractivity contribution is -0.116. The van der Waals surface area contributed by atoms with Crippen molar-refractivity contribution in [2.75, 3.05) is 25.1 Å². The Morgan fingerprint density at radius 1 is 1.15 bits per heavy atom. The fraction of sp³-hybridized carbons (Fsp3) is 0.316. The van der Waals surface area contributed by atoms with Gasteiger partial charge in [-0.05, 0) is 37.6 Å². The van der Waals surface area contributed by atoms with Crippen molar-refractivity contribution in [2.24, 2.45) is 0 Å². The van der Waals surface area contributed by atoms with E-state index < -0.39 is 10.0 Å². The first-order valence-electron chi connectivity index (χ1n) is 8.23. The van der Waals surface area contributed by atoms with E-state index in [0.29, 0.717) is 17.0 Å². The number of anilines is 1. The monoisotopic (exact) mass is 376 g/mol. The molecule has 140 valence electrons. The van der Waals surface area contributed by atoms with Crippen molar-refractivity contribution in [1.82, 2.24) is 4.72 Å². The van der Waals surface area contributed by atoms with Crippen LogP contribution in [0.15, 0.2) is 47.4 Å². The molecule has 0 spiro atoms. The third kappa shape index (κ3) is 4.83. The summed E-state index contributed by atoms with van der Waals surface area (Å²) in [6, 6.07) is 12.3. The van der Waals surface area contributed by atoms with Crippen molar-refractivity contribution in [1.29, 1.82) is 0 Å². The zero-order chi connectivity index (χ0) is 19.3. The number of benzene rings is 2. The molecule has 2 rings (SSSR count). The van der Waals surface area contributed by atoms with E-state index >= 15 is 0 Å². The maximum absolute atomic E-state index is 12.5. The molecule has 1 N–H and O–H groups in total. The van der Waals surface area contributed by atoms with E-state index in [1.807, 2.05) is 13.0 Å². The highest BCUT2D eigenvalue weighted by molar-refractivity contribution is 7.89. The minimum atomic E-state index is -3.64. The first kappa shape index (κ1) is 19.9. The van der Waals surface area contributed by atoms with E-state index in [4.69, 9.17) is 4.74 Å². The maximum Gasteiger partial charge on any atom is 0.240 e. The van der Waals surface area contributed by atoms with Gasteiger partial charge in [0, 0.05) is 31.8 Å². The van der Waals surface area contributed by atoms with E-state index in [1.165, 1.54) is 11.8 Å². The largest absolute Gasteiger partial charge is 0.497 e. The molecule has 0 aliphatic rings. The van der Waals surface area contributed by atoms with Crippen LogP contribution in [-0.2, 0) is 14.8 Å². The van der Waals surface area contributed by atoms with Gasteiger partial charge in [-0.3, -0.25) is 4.79 Å². The molecule has 0 heterocycles. The smallest absolute Gasteiger partial charge is 0.240 e. The number of ether oxygens (including phenoxy) is 1. The number of amides is 1. The number of sulfonamides is 1. The van der Waals surface area contributed by atoms with Gasteiger partial charge in [0.05, 0.1) is 12.0 Å². The lowest BCUT2D eigenvalue weighted by Crippen LogP contribution is -2.37. The Hall–Kier alpha value is -2.38. The fourth-order valence-corrected chi connectivity index (χ4v) is 3.96. The second-order valence-electron chi connectivity index (χ2n) is 6.04. The van der Waals surface area contributed by atoms with E-state index in [0.717, 1.165) is 5.56 Å². The average molecular weight is 376 g/mol. The Kier molecular flexibility index (Phi) is 6.39. The van der Waals surface area contributed by atoms with Gasteiger partial charge in [0.25, 0.3) is 0 Å². The quantitative estimate of drug-likeness (QED) is 0.806. The van der Waals surface area contributed by atoms with E-state index in [1.54, 1.807) is 50.4 Å². The number of hydrogen-bond acceptors (Lipinski definition) is 4. The second-order valence-corrected chi connectivity index (χ2v) is 7.77. The van der Waals surface area contributed by atoms with Gasteiger partial charge >= 0.3 is 0 Å². The van der Waals surface area contributed by atoms with Crippen molar-refractivity contribution in [3.8, 4) is 5.75 Å². The summed E-state index contributed by atoms with van der Waals surface area (Å²) in [7, 11) is -2.09. The summed E-state index contributed by atoms with van der Waals surface area (Å²) in [4.78, 5) is 13.7. The summed E-state index contributed by atoms with van der Waals surface area (Å²) in [5.41, 5.74) is 2.35. The minimum absolute atomic E-state index is 0.104. The Labute approximate surface area is 154 Å². The molecule has 0 bridgehead atoms. The molecule has 0 unspecified atom stereocenters. The minimum Gasteiger partial charge on any atom is -0.497 e. The van der Waals surface area contributed by atoms with Crippen LogP contribution < -0.4 is 14.4 Å². The normalized spacial score (nSPS) is 11.2. The number of hydrogen-bond donors (Lipinski definition) is 1. The summed E-state index contributed by atoms with van der Waals surface area (Å²) in [5, 5.41) is 0. The molecule has 0 aliphatic heterocycles. The molecule has 2 aromatic carbocycles. The third-order valence-electron chi connectivity index (χ3n) is 3.99. The molecule has 7 heteroatoms. The summed E-state index contributed by atoms with van der Waals surface area (Å²) in [6.45, 7) is 5.44. The maximum atomic E-state index is 12.5. The topological polar surface area (TPSA) is 75.7 Å². The van der Waals surface area contributed by atoms with Gasteiger partial charge in [-0.2, -0.15) is 0 Å². The SMILES string of the molecule is COc1cccc(N(CCNS(=O)(=O)c2ccc(C)cc2C)C(C)=O)c1. The van der Waals surface area contributed by atoms with Crippen molar-refractivity contribution in [3.05, 3.63) is 53.6 Å². The van der Waals surface area contributed by atoms with Crippen LogP contribution in [-0.4, -0.2) is 34.5 Å². The molecule has 0 atom stereocenters. The molecular weight excluding hydrogens is 352 g/mol. The summed E-state index contributed by atoms with van der Waals surface area (Å²) >= 11 is 0. The van der Waals surface area contributed by atoms with Gasteiger partial charge in [0.1, 0.15) is 5.75 Å². The van der Waals surface area contributed by atoms with Crippen LogP contribution in [0.1, 0.15) is 18.1 Å². The van der Waals surface area contributed by atoms with Crippen molar-refractivity contribution < 1.29 is 17.9 Å². The van der Waals surface area contributed by atoms with Gasteiger partial charge in [0.15, 0.2) is 0 Å². The lowest BCUT2D eigenvalue weighted by Gasteiger charge is -2.22. The number of nitrogens with one attached hydrogen (secondary N) is 1. The Morgan fingerprint density at radius 3 is 2.50 bits per heavy atom. The molecule has 0 aliphatic carbocycles. The van der Waals surface area contributed by atoms with Gasteiger partial charge in [-0.15, -0.1) is 0 Å². The first-order chi connectivity index (χ1) is 12.2. The number of carbonyl (C=O) groups excluding carboxylic acids is 1. The highest BCUT2D eigenvalue weighted by atomic mass is 32.2. The molecule has 26 heavy (non-hydrogen) atoms. The number of rotatable bonds is 7. The van der Waals surface area contributed by atoms with Gasteiger partial charge in [-0.25, -0.2) is 13.1 Å². The van der Waals surface area contributed by atoms with Crippen LogP contribution in [0.25, 0.3) is 0 Å². The fourth-order valence-electron chi connectivity index (χ4n) is 2.72. The van der Waals surface area contributed by atoms with Crippen LogP contribution in [0.3, 0.4) is 0 Å². The highest BCUT2D eigenvalue weighted by Crippen LogP contribution is 2.21.